The zero-order valence-electron chi connectivity index (χ0n) is 11.0. The molecule has 0 spiro atoms. The third kappa shape index (κ3) is 3.27. The highest BCUT2D eigenvalue weighted by Crippen LogP contribution is 2.48. The zero-order valence-corrected chi connectivity index (χ0v) is 11.8. The monoisotopic (exact) mass is 254 g/mol. The summed E-state index contributed by atoms with van der Waals surface area (Å²) in [4.78, 5) is 6.10. The molecule has 2 unspecified atom stereocenters. The van der Waals surface area contributed by atoms with Crippen molar-refractivity contribution in [3.05, 3.63) is 15.6 Å². The van der Waals surface area contributed by atoms with Crippen LogP contribution in [0.25, 0.3) is 0 Å². The van der Waals surface area contributed by atoms with Crippen molar-refractivity contribution in [2.24, 2.45) is 5.92 Å². The van der Waals surface area contributed by atoms with Crippen LogP contribution in [-0.2, 0) is 17.9 Å². The summed E-state index contributed by atoms with van der Waals surface area (Å²) in [7, 11) is 1.74. The molecule has 4 heteroatoms. The molecule has 1 heterocycles. The van der Waals surface area contributed by atoms with Gasteiger partial charge in [-0.25, -0.2) is 4.98 Å². The number of ether oxygens (including phenoxy) is 1. The first-order valence-corrected chi connectivity index (χ1v) is 7.26. The lowest BCUT2D eigenvalue weighted by molar-refractivity contribution is 0.181. The summed E-state index contributed by atoms with van der Waals surface area (Å²) < 4.78 is 5.23. The van der Waals surface area contributed by atoms with E-state index in [0.717, 1.165) is 30.6 Å². The van der Waals surface area contributed by atoms with Crippen LogP contribution in [0.4, 0.5) is 0 Å². The number of hydrogen-bond donors (Lipinski definition) is 1. The minimum Gasteiger partial charge on any atom is -0.378 e. The first-order valence-electron chi connectivity index (χ1n) is 6.44. The van der Waals surface area contributed by atoms with Crippen LogP contribution >= 0.6 is 11.3 Å². The number of methoxy groups -OCH3 is 1. The molecule has 1 N–H and O–H groups in total. The molecule has 0 saturated heterocycles. The molecule has 3 nitrogen and oxygen atoms in total. The predicted octanol–water partition coefficient (Wildman–Crippen LogP) is 2.91. The molecule has 1 saturated carbocycles. The molecular formula is C13H22N2OS. The molecule has 1 fully saturated rings. The summed E-state index contributed by atoms with van der Waals surface area (Å²) in [5.41, 5.74) is 1.13. The van der Waals surface area contributed by atoms with Crippen LogP contribution in [0.15, 0.2) is 0 Å². The molecule has 0 aromatic carbocycles. The van der Waals surface area contributed by atoms with Gasteiger partial charge in [0, 0.05) is 24.4 Å². The molecule has 2 atom stereocenters. The van der Waals surface area contributed by atoms with Gasteiger partial charge in [0.05, 0.1) is 17.3 Å². The van der Waals surface area contributed by atoms with Gasteiger partial charge in [0.1, 0.15) is 0 Å². The highest BCUT2D eigenvalue weighted by molar-refractivity contribution is 7.11. The van der Waals surface area contributed by atoms with Crippen LogP contribution in [0, 0.1) is 5.92 Å². The molecule has 0 aliphatic heterocycles. The Kier molecular flexibility index (Phi) is 4.54. The van der Waals surface area contributed by atoms with Gasteiger partial charge in [0.25, 0.3) is 0 Å². The number of nitrogens with one attached hydrogen (secondary N) is 1. The summed E-state index contributed by atoms with van der Waals surface area (Å²) in [6, 6.07) is 0. The number of aromatic nitrogens is 1. The average molecular weight is 254 g/mol. The average Bonchev–Trinajstić information content (AvgIpc) is 2.90. The van der Waals surface area contributed by atoms with E-state index in [4.69, 9.17) is 9.72 Å². The van der Waals surface area contributed by atoms with Crippen molar-refractivity contribution in [1.29, 1.82) is 0 Å². The third-order valence-corrected chi connectivity index (χ3v) is 4.44. The predicted molar refractivity (Wildman–Crippen MR) is 71.3 cm³/mol. The van der Waals surface area contributed by atoms with Gasteiger partial charge in [-0.05, 0) is 25.3 Å². The Morgan fingerprint density at radius 3 is 2.88 bits per heavy atom. The summed E-state index contributed by atoms with van der Waals surface area (Å²) >= 11 is 1.87. The molecular weight excluding hydrogens is 232 g/mol. The Balaban J connectivity index is 2.02. The van der Waals surface area contributed by atoms with E-state index in [1.807, 2.05) is 11.3 Å². The summed E-state index contributed by atoms with van der Waals surface area (Å²) in [5, 5.41) is 4.77. The van der Waals surface area contributed by atoms with Gasteiger partial charge in [-0.3, -0.25) is 0 Å². The molecule has 1 aliphatic carbocycles. The minimum absolute atomic E-state index is 0.640. The van der Waals surface area contributed by atoms with E-state index in [9.17, 15) is 0 Å². The van der Waals surface area contributed by atoms with Crippen LogP contribution in [0.2, 0.25) is 0 Å². The van der Waals surface area contributed by atoms with Crippen molar-refractivity contribution in [1.82, 2.24) is 10.3 Å². The highest BCUT2D eigenvalue weighted by Gasteiger charge is 2.37. The van der Waals surface area contributed by atoms with Crippen molar-refractivity contribution in [2.45, 2.75) is 45.8 Å². The SMILES string of the molecule is CCCNCc1sc(C2CC2C)nc1COC. The number of hydrogen-bond acceptors (Lipinski definition) is 4. The Labute approximate surface area is 108 Å². The smallest absolute Gasteiger partial charge is 0.0966 e. The zero-order chi connectivity index (χ0) is 12.3. The maximum absolute atomic E-state index is 5.23. The van der Waals surface area contributed by atoms with Crippen LogP contribution in [0.3, 0.4) is 0 Å². The second-order valence-electron chi connectivity index (χ2n) is 4.85. The number of thiazole rings is 1. The molecule has 0 amide bonds. The van der Waals surface area contributed by atoms with Crippen molar-refractivity contribution < 1.29 is 4.74 Å². The Morgan fingerprint density at radius 1 is 1.53 bits per heavy atom. The normalized spacial score (nSPS) is 23.0. The molecule has 1 aromatic rings. The first kappa shape index (κ1) is 13.0. The number of rotatable bonds is 7. The van der Waals surface area contributed by atoms with Gasteiger partial charge in [-0.2, -0.15) is 0 Å². The van der Waals surface area contributed by atoms with Crippen molar-refractivity contribution >= 4 is 11.3 Å². The molecule has 0 radical (unpaired) electrons. The molecule has 0 bridgehead atoms. The maximum Gasteiger partial charge on any atom is 0.0966 e. The van der Waals surface area contributed by atoms with Crippen LogP contribution < -0.4 is 5.32 Å². The van der Waals surface area contributed by atoms with Crippen LogP contribution in [0.5, 0.6) is 0 Å². The highest BCUT2D eigenvalue weighted by atomic mass is 32.1. The minimum atomic E-state index is 0.640. The van der Waals surface area contributed by atoms with Gasteiger partial charge in [-0.1, -0.05) is 13.8 Å². The Hall–Kier alpha value is -0.450. The van der Waals surface area contributed by atoms with E-state index in [1.165, 1.54) is 22.7 Å². The van der Waals surface area contributed by atoms with E-state index < -0.39 is 0 Å². The largest absolute Gasteiger partial charge is 0.378 e. The fourth-order valence-electron chi connectivity index (χ4n) is 1.99. The Morgan fingerprint density at radius 2 is 2.29 bits per heavy atom. The molecule has 2 rings (SSSR count). The van der Waals surface area contributed by atoms with E-state index in [2.05, 4.69) is 19.2 Å². The van der Waals surface area contributed by atoms with Crippen molar-refractivity contribution in [3.8, 4) is 0 Å². The van der Waals surface area contributed by atoms with Gasteiger partial charge in [0.15, 0.2) is 0 Å². The van der Waals surface area contributed by atoms with Gasteiger partial charge < -0.3 is 10.1 Å². The van der Waals surface area contributed by atoms with E-state index >= 15 is 0 Å². The third-order valence-electron chi connectivity index (χ3n) is 3.21. The molecule has 1 aromatic heterocycles. The van der Waals surface area contributed by atoms with Crippen molar-refractivity contribution in [2.75, 3.05) is 13.7 Å². The number of nitrogens with zero attached hydrogens (tertiary/aromatic N) is 1. The summed E-state index contributed by atoms with van der Waals surface area (Å²) in [6.07, 6.45) is 2.48. The van der Waals surface area contributed by atoms with E-state index in [0.29, 0.717) is 6.61 Å². The first-order chi connectivity index (χ1) is 8.26. The topological polar surface area (TPSA) is 34.2 Å². The second kappa shape index (κ2) is 5.94. The Bertz CT molecular complexity index is 364. The second-order valence-corrected chi connectivity index (χ2v) is 5.97. The maximum atomic E-state index is 5.23. The lowest BCUT2D eigenvalue weighted by Gasteiger charge is -2.02. The molecule has 96 valence electrons. The summed E-state index contributed by atoms with van der Waals surface area (Å²) in [5.74, 6) is 1.54. The molecule has 1 aliphatic rings. The lowest BCUT2D eigenvalue weighted by atomic mass is 10.3. The van der Waals surface area contributed by atoms with Gasteiger partial charge >= 0.3 is 0 Å². The fraction of sp³-hybridized carbons (Fsp3) is 0.769. The van der Waals surface area contributed by atoms with Gasteiger partial charge in [0.2, 0.25) is 0 Å². The van der Waals surface area contributed by atoms with E-state index in [1.54, 1.807) is 7.11 Å². The van der Waals surface area contributed by atoms with E-state index in [-0.39, 0.29) is 0 Å². The molecule has 17 heavy (non-hydrogen) atoms. The fourth-order valence-corrected chi connectivity index (χ4v) is 3.28. The van der Waals surface area contributed by atoms with Crippen molar-refractivity contribution in [3.63, 3.8) is 0 Å². The summed E-state index contributed by atoms with van der Waals surface area (Å²) in [6.45, 7) is 7.13. The quantitative estimate of drug-likeness (QED) is 0.760. The standard InChI is InChI=1S/C13H22N2OS/c1-4-5-14-7-12-11(8-16-3)15-13(17-12)10-6-9(10)2/h9-10,14H,4-8H2,1-3H3. The van der Waals surface area contributed by atoms with Crippen LogP contribution in [-0.4, -0.2) is 18.6 Å². The lowest BCUT2D eigenvalue weighted by Crippen LogP contribution is -2.14. The van der Waals surface area contributed by atoms with Gasteiger partial charge in [-0.15, -0.1) is 11.3 Å². The van der Waals surface area contributed by atoms with Crippen LogP contribution in [0.1, 0.15) is 48.2 Å².